The van der Waals surface area contributed by atoms with Gasteiger partial charge < -0.3 is 5.32 Å². The lowest BCUT2D eigenvalue weighted by atomic mass is 10.2. The predicted octanol–water partition coefficient (Wildman–Crippen LogP) is 3.32. The van der Waals surface area contributed by atoms with Crippen LogP contribution in [0.15, 0.2) is 51.7 Å². The summed E-state index contributed by atoms with van der Waals surface area (Å²) in [7, 11) is 0. The van der Waals surface area contributed by atoms with Gasteiger partial charge in [-0.3, -0.25) is 18.6 Å². The molecule has 2 aromatic heterocycles. The Morgan fingerprint density at radius 1 is 1.14 bits per heavy atom. The van der Waals surface area contributed by atoms with E-state index in [1.807, 2.05) is 56.3 Å². The van der Waals surface area contributed by atoms with Crippen molar-refractivity contribution in [2.45, 2.75) is 26.8 Å². The average molecular weight is 440 g/mol. The summed E-state index contributed by atoms with van der Waals surface area (Å²) in [6, 6.07) is 13.0. The van der Waals surface area contributed by atoms with Gasteiger partial charge in [0.05, 0.1) is 11.0 Å². The molecule has 4 rings (SSSR count). The zero-order chi connectivity index (χ0) is 19.8. The van der Waals surface area contributed by atoms with Crippen LogP contribution in [0, 0.1) is 6.92 Å². The molecule has 0 aliphatic carbocycles. The second-order valence-corrected chi connectivity index (χ2v) is 7.38. The second-order valence-electron chi connectivity index (χ2n) is 6.52. The van der Waals surface area contributed by atoms with E-state index in [0.29, 0.717) is 23.4 Å². The third-order valence-corrected chi connectivity index (χ3v) is 5.53. The lowest BCUT2D eigenvalue weighted by molar-refractivity contribution is -0.116. The van der Waals surface area contributed by atoms with E-state index in [1.165, 1.54) is 4.57 Å². The molecule has 2 aromatic carbocycles. The number of rotatable bonds is 4. The highest BCUT2D eigenvalue weighted by atomic mass is 79.9. The molecule has 142 valence electrons. The Hall–Kier alpha value is -3.00. The Kier molecular flexibility index (Phi) is 4.72. The van der Waals surface area contributed by atoms with Crippen molar-refractivity contribution in [3.63, 3.8) is 0 Å². The van der Waals surface area contributed by atoms with E-state index >= 15 is 0 Å². The number of carbonyl (C=O) groups excluding carboxylic acids is 1. The average Bonchev–Trinajstić information content (AvgIpc) is 3.12. The number of aromatic nitrogens is 4. The highest BCUT2D eigenvalue weighted by Gasteiger charge is 2.17. The molecule has 2 heterocycles. The molecule has 0 aliphatic rings. The highest BCUT2D eigenvalue weighted by molar-refractivity contribution is 9.10. The summed E-state index contributed by atoms with van der Waals surface area (Å²) >= 11 is 3.44. The summed E-state index contributed by atoms with van der Waals surface area (Å²) in [6.45, 7) is 3.80. The topological polar surface area (TPSA) is 81.3 Å². The molecule has 4 aromatic rings. The normalized spacial score (nSPS) is 11.2. The Balaban J connectivity index is 1.77. The number of fused-ring (bicyclic) bond motifs is 3. The molecule has 0 unspecified atom stereocenters. The van der Waals surface area contributed by atoms with Crippen molar-refractivity contribution in [2.24, 2.45) is 0 Å². The van der Waals surface area contributed by atoms with Crippen LogP contribution < -0.4 is 10.9 Å². The molecule has 0 bridgehead atoms. The molecular formula is C20H18BrN5O2. The number of hydrogen-bond acceptors (Lipinski definition) is 4. The van der Waals surface area contributed by atoms with Gasteiger partial charge in [0.2, 0.25) is 11.6 Å². The van der Waals surface area contributed by atoms with Crippen LogP contribution in [-0.2, 0) is 17.8 Å². The lowest BCUT2D eigenvalue weighted by Crippen LogP contribution is -2.29. The molecule has 8 heteroatoms. The first-order valence-corrected chi connectivity index (χ1v) is 9.70. The third kappa shape index (κ3) is 3.09. The maximum atomic E-state index is 13.0. The summed E-state index contributed by atoms with van der Waals surface area (Å²) in [6.07, 6.45) is 0.651. The molecular weight excluding hydrogens is 422 g/mol. The zero-order valence-corrected chi connectivity index (χ0v) is 17.0. The van der Waals surface area contributed by atoms with Crippen LogP contribution in [0.4, 0.5) is 5.69 Å². The van der Waals surface area contributed by atoms with E-state index in [0.717, 1.165) is 15.6 Å². The monoisotopic (exact) mass is 439 g/mol. The van der Waals surface area contributed by atoms with Gasteiger partial charge in [-0.2, -0.15) is 0 Å². The molecule has 0 fully saturated rings. The second kappa shape index (κ2) is 7.20. The van der Waals surface area contributed by atoms with Crippen LogP contribution in [0.2, 0.25) is 0 Å². The summed E-state index contributed by atoms with van der Waals surface area (Å²) in [5.41, 5.74) is 3.04. The first-order valence-electron chi connectivity index (χ1n) is 8.91. The van der Waals surface area contributed by atoms with E-state index < -0.39 is 0 Å². The summed E-state index contributed by atoms with van der Waals surface area (Å²) in [4.78, 5) is 25.7. The molecule has 0 atom stereocenters. The van der Waals surface area contributed by atoms with Crippen molar-refractivity contribution in [1.82, 2.24) is 19.2 Å². The fraction of sp³-hybridized carbons (Fsp3) is 0.200. The Morgan fingerprint density at radius 2 is 1.89 bits per heavy atom. The third-order valence-electron chi connectivity index (χ3n) is 4.64. The molecule has 28 heavy (non-hydrogen) atoms. The van der Waals surface area contributed by atoms with Crippen LogP contribution in [0.5, 0.6) is 0 Å². The molecule has 0 spiro atoms. The number of para-hydroxylation sites is 2. The number of amides is 1. The molecule has 0 aliphatic heterocycles. The van der Waals surface area contributed by atoms with Gasteiger partial charge in [-0.1, -0.05) is 35.0 Å². The summed E-state index contributed by atoms with van der Waals surface area (Å²) < 4.78 is 4.18. The minimum Gasteiger partial charge on any atom is -0.325 e. The Morgan fingerprint density at radius 3 is 2.61 bits per heavy atom. The van der Waals surface area contributed by atoms with Gasteiger partial charge in [0.25, 0.3) is 5.56 Å². The first kappa shape index (κ1) is 18.4. The lowest BCUT2D eigenvalue weighted by Gasteiger charge is -2.13. The quantitative estimate of drug-likeness (QED) is 0.528. The number of nitrogens with one attached hydrogen (secondary N) is 1. The van der Waals surface area contributed by atoms with Crippen LogP contribution >= 0.6 is 15.9 Å². The van der Waals surface area contributed by atoms with Gasteiger partial charge in [-0.25, -0.2) is 0 Å². The van der Waals surface area contributed by atoms with Crippen LogP contribution in [0.1, 0.15) is 18.3 Å². The molecule has 7 nitrogen and oxygen atoms in total. The van der Waals surface area contributed by atoms with Gasteiger partial charge in [-0.15, -0.1) is 10.2 Å². The Bertz CT molecular complexity index is 1280. The van der Waals surface area contributed by atoms with Gasteiger partial charge in [0, 0.05) is 16.6 Å². The van der Waals surface area contributed by atoms with Gasteiger partial charge in [0.15, 0.2) is 0 Å². The fourth-order valence-corrected chi connectivity index (χ4v) is 3.52. The molecule has 1 N–H and O–H groups in total. The molecule has 1 amide bonds. The first-order chi connectivity index (χ1) is 13.5. The van der Waals surface area contributed by atoms with E-state index in [1.54, 1.807) is 4.40 Å². The van der Waals surface area contributed by atoms with Crippen molar-refractivity contribution in [2.75, 3.05) is 5.32 Å². The maximum absolute atomic E-state index is 13.0. The standard InChI is InChI=1S/C20H18BrN5O2/c1-3-17-23-24-19-20(28)25(15-6-4-5-7-16(15)26(17)19)11-18(27)22-13-8-9-14(21)12(2)10-13/h4-10H,3,11H2,1-2H3,(H,22,27). The van der Waals surface area contributed by atoms with E-state index in [4.69, 9.17) is 0 Å². The Labute approximate surface area is 169 Å². The van der Waals surface area contributed by atoms with E-state index in [2.05, 4.69) is 31.4 Å². The largest absolute Gasteiger partial charge is 0.325 e. The van der Waals surface area contributed by atoms with Gasteiger partial charge in [-0.05, 0) is 42.8 Å². The highest BCUT2D eigenvalue weighted by Crippen LogP contribution is 2.20. The van der Waals surface area contributed by atoms with Crippen molar-refractivity contribution >= 4 is 44.2 Å². The zero-order valence-electron chi connectivity index (χ0n) is 15.4. The van der Waals surface area contributed by atoms with E-state index in [9.17, 15) is 9.59 Å². The van der Waals surface area contributed by atoms with Crippen molar-refractivity contribution < 1.29 is 4.79 Å². The van der Waals surface area contributed by atoms with E-state index in [-0.39, 0.29) is 23.7 Å². The predicted molar refractivity (Wildman–Crippen MR) is 112 cm³/mol. The van der Waals surface area contributed by atoms with Crippen LogP contribution in [-0.4, -0.2) is 25.1 Å². The SMILES string of the molecule is CCc1nnc2c(=O)n(CC(=O)Nc3ccc(Br)c(C)c3)c3ccccc3n12. The van der Waals surface area contributed by atoms with Gasteiger partial charge >= 0.3 is 0 Å². The maximum Gasteiger partial charge on any atom is 0.297 e. The summed E-state index contributed by atoms with van der Waals surface area (Å²) in [5.74, 6) is 0.429. The molecule has 0 saturated carbocycles. The smallest absolute Gasteiger partial charge is 0.297 e. The van der Waals surface area contributed by atoms with Gasteiger partial charge in [0.1, 0.15) is 12.4 Å². The number of aryl methyl sites for hydroxylation is 2. The number of anilines is 1. The minimum atomic E-state index is -0.340. The molecule has 0 saturated heterocycles. The number of nitrogens with zero attached hydrogens (tertiary/aromatic N) is 4. The van der Waals surface area contributed by atoms with Crippen molar-refractivity contribution in [1.29, 1.82) is 0 Å². The fourth-order valence-electron chi connectivity index (χ4n) is 3.27. The van der Waals surface area contributed by atoms with Crippen molar-refractivity contribution in [3.8, 4) is 0 Å². The minimum absolute atomic E-state index is 0.112. The number of benzene rings is 2. The van der Waals surface area contributed by atoms with Crippen LogP contribution in [0.3, 0.4) is 0 Å². The number of carbonyl (C=O) groups is 1. The molecule has 0 radical (unpaired) electrons. The number of halogens is 1. The summed E-state index contributed by atoms with van der Waals surface area (Å²) in [5, 5.41) is 11.0. The van der Waals surface area contributed by atoms with Crippen LogP contribution in [0.25, 0.3) is 16.7 Å². The van der Waals surface area contributed by atoms with Crippen molar-refractivity contribution in [3.05, 3.63) is 68.7 Å². The number of hydrogen-bond donors (Lipinski definition) is 1.